The number of rotatable bonds is 5. The lowest BCUT2D eigenvalue weighted by Crippen LogP contribution is -2.28. The number of H-pyrrole nitrogens is 1. The molecule has 1 amide bonds. The number of thiophene rings is 1. The quantitative estimate of drug-likeness (QED) is 0.536. The lowest BCUT2D eigenvalue weighted by atomic mass is 10.1. The molecule has 0 atom stereocenters. The lowest BCUT2D eigenvalue weighted by molar-refractivity contribution is 0.0601. The zero-order chi connectivity index (χ0) is 18.6. The van der Waals surface area contributed by atoms with Crippen molar-refractivity contribution in [3.63, 3.8) is 0 Å². The summed E-state index contributed by atoms with van der Waals surface area (Å²) < 4.78 is 4.84. The molecule has 2 aromatic rings. The van der Waals surface area contributed by atoms with Crippen molar-refractivity contribution in [2.24, 2.45) is 0 Å². The van der Waals surface area contributed by atoms with Crippen LogP contribution in [-0.2, 0) is 11.3 Å². The van der Waals surface area contributed by atoms with Crippen LogP contribution in [0.25, 0.3) is 0 Å². The zero-order valence-electron chi connectivity index (χ0n) is 14.3. The third kappa shape index (κ3) is 4.34. The van der Waals surface area contributed by atoms with E-state index in [0.29, 0.717) is 32.7 Å². The van der Waals surface area contributed by atoms with Crippen LogP contribution in [0.2, 0.25) is 0 Å². The van der Waals surface area contributed by atoms with E-state index < -0.39 is 5.97 Å². The molecule has 10 heteroatoms. The zero-order valence-corrected chi connectivity index (χ0v) is 15.9. The fourth-order valence-corrected chi connectivity index (χ4v) is 3.52. The Morgan fingerprint density at radius 3 is 2.72 bits per heavy atom. The normalized spacial score (nSPS) is 10.2. The van der Waals surface area contributed by atoms with Crippen molar-refractivity contribution >= 4 is 45.5 Å². The number of carbonyl (C=O) groups excluding carboxylic acids is 2. The summed E-state index contributed by atoms with van der Waals surface area (Å²) in [6.45, 7) is 2.17. The molecule has 0 bridgehead atoms. The van der Waals surface area contributed by atoms with Gasteiger partial charge in [-0.15, -0.1) is 11.3 Å². The molecule has 2 aromatic heterocycles. The maximum atomic E-state index is 12.3. The molecule has 2 rings (SSSR count). The Hall–Kier alpha value is -2.46. The van der Waals surface area contributed by atoms with Crippen molar-refractivity contribution in [2.45, 2.75) is 13.5 Å². The van der Waals surface area contributed by atoms with Gasteiger partial charge < -0.3 is 20.3 Å². The van der Waals surface area contributed by atoms with E-state index in [1.165, 1.54) is 23.3 Å². The van der Waals surface area contributed by atoms with Crippen LogP contribution in [0.1, 0.15) is 31.3 Å². The molecule has 0 spiro atoms. The average Bonchev–Trinajstić information content (AvgIpc) is 3.19. The number of esters is 1. The van der Waals surface area contributed by atoms with E-state index in [1.54, 1.807) is 27.2 Å². The van der Waals surface area contributed by atoms with Crippen LogP contribution in [0.3, 0.4) is 0 Å². The second-order valence-electron chi connectivity index (χ2n) is 5.34. The Morgan fingerprint density at radius 2 is 2.16 bits per heavy atom. The molecule has 0 saturated carbocycles. The van der Waals surface area contributed by atoms with Crippen molar-refractivity contribution < 1.29 is 14.3 Å². The van der Waals surface area contributed by atoms with Crippen LogP contribution >= 0.6 is 23.6 Å². The van der Waals surface area contributed by atoms with Gasteiger partial charge in [-0.25, -0.2) is 4.79 Å². The number of carbonyl (C=O) groups is 2. The van der Waals surface area contributed by atoms with Crippen molar-refractivity contribution in [1.82, 2.24) is 20.4 Å². The highest BCUT2D eigenvalue weighted by Gasteiger charge is 2.26. The smallest absolute Gasteiger partial charge is 0.341 e. The first-order valence-corrected chi connectivity index (χ1v) is 8.54. The average molecular weight is 381 g/mol. The predicted molar refractivity (Wildman–Crippen MR) is 100 cm³/mol. The maximum Gasteiger partial charge on any atom is 0.341 e. The molecule has 0 aliphatic rings. The number of hydrogen-bond acceptors (Lipinski definition) is 6. The Morgan fingerprint density at radius 1 is 1.44 bits per heavy atom. The molecule has 0 aliphatic heterocycles. The van der Waals surface area contributed by atoms with Gasteiger partial charge in [0.25, 0.3) is 5.91 Å². The number of aromatic nitrogens is 2. The van der Waals surface area contributed by atoms with E-state index in [2.05, 4.69) is 20.8 Å². The first-order valence-electron chi connectivity index (χ1n) is 7.31. The fraction of sp³-hybridized carbons (Fsp3) is 0.333. The summed E-state index contributed by atoms with van der Waals surface area (Å²) in [5, 5.41) is 13.4. The van der Waals surface area contributed by atoms with Gasteiger partial charge in [0.15, 0.2) is 5.11 Å². The highest BCUT2D eigenvalue weighted by molar-refractivity contribution is 7.80. The molecule has 134 valence electrons. The van der Waals surface area contributed by atoms with E-state index in [1.807, 2.05) is 6.07 Å². The summed E-state index contributed by atoms with van der Waals surface area (Å²) in [6, 6.07) is 1.82. The number of nitrogens with zero attached hydrogens (tertiary/aromatic N) is 2. The lowest BCUT2D eigenvalue weighted by Gasteiger charge is -2.09. The fourth-order valence-electron chi connectivity index (χ4n) is 2.06. The Bertz CT molecular complexity index is 783. The van der Waals surface area contributed by atoms with Gasteiger partial charge >= 0.3 is 5.97 Å². The van der Waals surface area contributed by atoms with Crippen molar-refractivity contribution in [3.05, 3.63) is 34.0 Å². The number of hydrogen-bond donors (Lipinski definition) is 3. The van der Waals surface area contributed by atoms with Crippen LogP contribution in [0, 0.1) is 6.92 Å². The standard InChI is InChI=1S/C15H19N5O3S2/c1-8-10(14(22)23-4)12(25-11(8)13(21)20(2)3)18-15(24)16-7-9-5-6-17-19-9/h5-6H,7H2,1-4H3,(H,17,19)(H2,16,18,24). The van der Waals surface area contributed by atoms with Crippen molar-refractivity contribution in [2.75, 3.05) is 26.5 Å². The minimum Gasteiger partial charge on any atom is -0.465 e. The first kappa shape index (κ1) is 18.9. The van der Waals surface area contributed by atoms with Gasteiger partial charge in [-0.3, -0.25) is 9.89 Å². The van der Waals surface area contributed by atoms with Crippen LogP contribution in [-0.4, -0.2) is 53.3 Å². The molecule has 2 heterocycles. The van der Waals surface area contributed by atoms with Crippen LogP contribution in [0.5, 0.6) is 0 Å². The van der Waals surface area contributed by atoms with Crippen LogP contribution < -0.4 is 10.6 Å². The molecule has 0 radical (unpaired) electrons. The Kier molecular flexibility index (Phi) is 6.10. The number of anilines is 1. The van der Waals surface area contributed by atoms with Crippen molar-refractivity contribution in [1.29, 1.82) is 0 Å². The van der Waals surface area contributed by atoms with Gasteiger partial charge in [-0.2, -0.15) is 5.10 Å². The molecule has 0 saturated heterocycles. The van der Waals surface area contributed by atoms with E-state index in [4.69, 9.17) is 17.0 Å². The number of ether oxygens (including phenoxy) is 1. The van der Waals surface area contributed by atoms with E-state index in [-0.39, 0.29) is 5.91 Å². The molecular weight excluding hydrogens is 362 g/mol. The van der Waals surface area contributed by atoms with E-state index >= 15 is 0 Å². The molecule has 0 aliphatic carbocycles. The highest BCUT2D eigenvalue weighted by atomic mass is 32.1. The van der Waals surface area contributed by atoms with Gasteiger partial charge in [0, 0.05) is 20.3 Å². The summed E-state index contributed by atoms with van der Waals surface area (Å²) >= 11 is 6.43. The third-order valence-corrected chi connectivity index (χ3v) is 4.80. The molecular formula is C15H19N5O3S2. The SMILES string of the molecule is COC(=O)c1c(NC(=S)NCc2ccn[nH]2)sc(C(=O)N(C)C)c1C. The summed E-state index contributed by atoms with van der Waals surface area (Å²) in [7, 11) is 4.61. The number of amides is 1. The Labute approximate surface area is 154 Å². The molecule has 3 N–H and O–H groups in total. The van der Waals surface area contributed by atoms with E-state index in [9.17, 15) is 9.59 Å². The summed E-state index contributed by atoms with van der Waals surface area (Å²) in [5.74, 6) is -0.706. The molecule has 25 heavy (non-hydrogen) atoms. The molecule has 8 nitrogen and oxygen atoms in total. The van der Waals surface area contributed by atoms with Gasteiger partial charge in [-0.05, 0) is 30.8 Å². The van der Waals surface area contributed by atoms with Gasteiger partial charge in [-0.1, -0.05) is 0 Å². The summed E-state index contributed by atoms with van der Waals surface area (Å²) in [6.07, 6.45) is 1.64. The topological polar surface area (TPSA) is 99.3 Å². The minimum atomic E-state index is -0.523. The highest BCUT2D eigenvalue weighted by Crippen LogP contribution is 2.34. The summed E-state index contributed by atoms with van der Waals surface area (Å²) in [4.78, 5) is 26.4. The molecule has 0 unspecified atom stereocenters. The van der Waals surface area contributed by atoms with Crippen molar-refractivity contribution in [3.8, 4) is 0 Å². The maximum absolute atomic E-state index is 12.3. The second-order valence-corrected chi connectivity index (χ2v) is 6.77. The second kappa shape index (κ2) is 8.08. The third-order valence-electron chi connectivity index (χ3n) is 3.36. The number of nitrogens with one attached hydrogen (secondary N) is 3. The van der Waals surface area contributed by atoms with Gasteiger partial charge in [0.2, 0.25) is 0 Å². The largest absolute Gasteiger partial charge is 0.465 e. The Balaban J connectivity index is 2.22. The monoisotopic (exact) mass is 381 g/mol. The van der Waals surface area contributed by atoms with Crippen LogP contribution in [0.4, 0.5) is 5.00 Å². The predicted octanol–water partition coefficient (Wildman–Crippen LogP) is 1.75. The number of aromatic amines is 1. The minimum absolute atomic E-state index is 0.183. The van der Waals surface area contributed by atoms with Gasteiger partial charge in [0.1, 0.15) is 5.00 Å². The summed E-state index contributed by atoms with van der Waals surface area (Å²) in [5.41, 5.74) is 1.74. The number of methoxy groups -OCH3 is 1. The van der Waals surface area contributed by atoms with Crippen LogP contribution in [0.15, 0.2) is 12.3 Å². The van der Waals surface area contributed by atoms with Gasteiger partial charge in [0.05, 0.1) is 29.8 Å². The molecule has 0 fully saturated rings. The number of thiocarbonyl (C=S) groups is 1. The molecule has 0 aromatic carbocycles. The first-order chi connectivity index (χ1) is 11.8. The van der Waals surface area contributed by atoms with E-state index in [0.717, 1.165) is 5.69 Å².